The lowest BCUT2D eigenvalue weighted by molar-refractivity contribution is 0.0945. The number of hydrogen-bond acceptors (Lipinski definition) is 8. The highest BCUT2D eigenvalue weighted by atomic mass is 32.1. The number of methoxy groups -OCH3 is 1. The number of benzene rings is 2. The Kier molecular flexibility index (Phi) is 8.77. The van der Waals surface area contributed by atoms with Gasteiger partial charge in [-0.3, -0.25) is 14.5 Å². The second-order valence-electron chi connectivity index (χ2n) is 8.31. The highest BCUT2D eigenvalue weighted by molar-refractivity contribution is 7.15. The van der Waals surface area contributed by atoms with E-state index in [1.165, 1.54) is 5.56 Å². The van der Waals surface area contributed by atoms with Gasteiger partial charge in [-0.25, -0.2) is 0 Å². The van der Waals surface area contributed by atoms with E-state index in [0.29, 0.717) is 18.0 Å². The van der Waals surface area contributed by atoms with E-state index in [9.17, 15) is 9.59 Å². The molecule has 1 aliphatic heterocycles. The number of nitrogens with zero attached hydrogens (tertiary/aromatic N) is 4. The Bertz CT molecular complexity index is 1100. The van der Waals surface area contributed by atoms with Gasteiger partial charge in [-0.05, 0) is 42.8 Å². The molecular weight excluding hydrogens is 464 g/mol. The molecule has 0 aliphatic carbocycles. The summed E-state index contributed by atoms with van der Waals surface area (Å²) in [5.41, 5.74) is 1.96. The van der Waals surface area contributed by atoms with Crippen molar-refractivity contribution >= 4 is 28.8 Å². The van der Waals surface area contributed by atoms with Crippen LogP contribution in [0.1, 0.15) is 31.6 Å². The Labute approximate surface area is 209 Å². The standard InChI is InChI=1S/C25H30N6O3S/c1-34-21-10-8-20(9-11-21)27-23(33)25-29-28-24(35-25)22(32)26-12-5-13-30-14-16-31(17-15-30)18-19-6-3-2-4-7-19/h2-4,6-11H,5,12-18H2,1H3,(H,26,32)(H,27,33). The molecule has 4 rings (SSSR count). The van der Waals surface area contributed by atoms with Crippen molar-refractivity contribution in [2.24, 2.45) is 0 Å². The summed E-state index contributed by atoms with van der Waals surface area (Å²) in [6.45, 7) is 6.64. The number of carbonyl (C=O) groups is 2. The van der Waals surface area contributed by atoms with Crippen LogP contribution in [0.4, 0.5) is 5.69 Å². The van der Waals surface area contributed by atoms with Crippen LogP contribution in [0, 0.1) is 0 Å². The van der Waals surface area contributed by atoms with Crippen molar-refractivity contribution in [3.05, 3.63) is 70.2 Å². The smallest absolute Gasteiger partial charge is 0.286 e. The predicted molar refractivity (Wildman–Crippen MR) is 136 cm³/mol. The predicted octanol–water partition coefficient (Wildman–Crippen LogP) is 2.74. The van der Waals surface area contributed by atoms with Crippen molar-refractivity contribution < 1.29 is 14.3 Å². The maximum absolute atomic E-state index is 12.4. The minimum absolute atomic E-state index is 0.138. The van der Waals surface area contributed by atoms with Gasteiger partial charge in [-0.1, -0.05) is 41.7 Å². The third-order valence-corrected chi connectivity index (χ3v) is 6.73. The number of carbonyl (C=O) groups excluding carboxylic acids is 2. The molecule has 2 N–H and O–H groups in total. The minimum atomic E-state index is -0.405. The molecule has 35 heavy (non-hydrogen) atoms. The monoisotopic (exact) mass is 494 g/mol. The number of anilines is 1. The Balaban J connectivity index is 1.14. The molecule has 9 nitrogen and oxygen atoms in total. The average Bonchev–Trinajstić information content (AvgIpc) is 3.39. The average molecular weight is 495 g/mol. The lowest BCUT2D eigenvalue weighted by atomic mass is 10.2. The molecule has 3 aromatic rings. The van der Waals surface area contributed by atoms with E-state index in [0.717, 1.165) is 57.0 Å². The van der Waals surface area contributed by atoms with Crippen molar-refractivity contribution in [1.29, 1.82) is 0 Å². The summed E-state index contributed by atoms with van der Waals surface area (Å²) >= 11 is 0.976. The summed E-state index contributed by atoms with van der Waals surface area (Å²) in [5.74, 6) is -0.0139. The first-order valence-corrected chi connectivity index (χ1v) is 12.5. The highest BCUT2D eigenvalue weighted by Crippen LogP contribution is 2.17. The lowest BCUT2D eigenvalue weighted by Gasteiger charge is -2.34. The normalized spacial score (nSPS) is 14.4. The van der Waals surface area contributed by atoms with Gasteiger partial charge in [0.1, 0.15) is 5.75 Å². The van der Waals surface area contributed by atoms with E-state index in [4.69, 9.17) is 4.74 Å². The van der Waals surface area contributed by atoms with Crippen LogP contribution in [0.3, 0.4) is 0 Å². The van der Waals surface area contributed by atoms with Gasteiger partial charge in [0, 0.05) is 45.0 Å². The lowest BCUT2D eigenvalue weighted by Crippen LogP contribution is -2.46. The number of ether oxygens (including phenoxy) is 1. The van der Waals surface area contributed by atoms with E-state index in [2.05, 4.69) is 54.9 Å². The Morgan fingerprint density at radius 2 is 1.57 bits per heavy atom. The van der Waals surface area contributed by atoms with Gasteiger partial charge in [0.15, 0.2) is 0 Å². The second kappa shape index (κ2) is 12.4. The van der Waals surface area contributed by atoms with Gasteiger partial charge in [-0.2, -0.15) is 0 Å². The van der Waals surface area contributed by atoms with Crippen molar-refractivity contribution in [3.8, 4) is 5.75 Å². The van der Waals surface area contributed by atoms with E-state index < -0.39 is 5.91 Å². The molecule has 0 unspecified atom stereocenters. The summed E-state index contributed by atoms with van der Waals surface area (Å²) in [4.78, 5) is 29.7. The van der Waals surface area contributed by atoms with Gasteiger partial charge >= 0.3 is 0 Å². The largest absolute Gasteiger partial charge is 0.497 e. The molecule has 0 spiro atoms. The van der Waals surface area contributed by atoms with Crippen LogP contribution in [0.2, 0.25) is 0 Å². The maximum Gasteiger partial charge on any atom is 0.286 e. The third-order valence-electron chi connectivity index (χ3n) is 5.81. The molecule has 2 aromatic carbocycles. The van der Waals surface area contributed by atoms with Gasteiger partial charge in [0.25, 0.3) is 11.8 Å². The molecular formula is C25H30N6O3S. The van der Waals surface area contributed by atoms with Crippen molar-refractivity contribution in [2.75, 3.05) is 51.7 Å². The maximum atomic E-state index is 12.4. The zero-order chi connectivity index (χ0) is 24.5. The molecule has 0 radical (unpaired) electrons. The first-order valence-electron chi connectivity index (χ1n) is 11.7. The molecule has 0 atom stereocenters. The highest BCUT2D eigenvalue weighted by Gasteiger charge is 2.19. The van der Waals surface area contributed by atoms with E-state index in [-0.39, 0.29) is 15.9 Å². The zero-order valence-electron chi connectivity index (χ0n) is 19.8. The first-order chi connectivity index (χ1) is 17.1. The number of aromatic nitrogens is 2. The van der Waals surface area contributed by atoms with E-state index in [1.807, 2.05) is 6.07 Å². The Morgan fingerprint density at radius 1 is 0.914 bits per heavy atom. The van der Waals surface area contributed by atoms with E-state index >= 15 is 0 Å². The number of amides is 2. The summed E-state index contributed by atoms with van der Waals surface area (Å²) in [7, 11) is 1.58. The summed E-state index contributed by atoms with van der Waals surface area (Å²) in [6, 6.07) is 17.5. The molecule has 1 aliphatic rings. The number of piperazine rings is 1. The molecule has 184 valence electrons. The number of nitrogens with one attached hydrogen (secondary N) is 2. The van der Waals surface area contributed by atoms with Crippen molar-refractivity contribution in [3.63, 3.8) is 0 Å². The first kappa shape index (κ1) is 24.8. The van der Waals surface area contributed by atoms with E-state index in [1.54, 1.807) is 31.4 Å². The minimum Gasteiger partial charge on any atom is -0.497 e. The molecule has 10 heteroatoms. The molecule has 1 aromatic heterocycles. The van der Waals surface area contributed by atoms with Crippen LogP contribution >= 0.6 is 11.3 Å². The van der Waals surface area contributed by atoms with Crippen LogP contribution in [0.5, 0.6) is 5.75 Å². The third kappa shape index (κ3) is 7.32. The fourth-order valence-corrected chi connectivity index (χ4v) is 4.51. The molecule has 0 bridgehead atoms. The second-order valence-corrected chi connectivity index (χ2v) is 9.29. The number of hydrogen-bond donors (Lipinski definition) is 2. The van der Waals surface area contributed by atoms with Crippen LogP contribution in [-0.4, -0.2) is 78.2 Å². The van der Waals surface area contributed by atoms with Crippen LogP contribution < -0.4 is 15.4 Å². The summed E-state index contributed by atoms with van der Waals surface area (Å²) in [5, 5.41) is 13.7. The molecule has 2 amide bonds. The molecule has 2 heterocycles. The zero-order valence-corrected chi connectivity index (χ0v) is 20.6. The quantitative estimate of drug-likeness (QED) is 0.418. The van der Waals surface area contributed by atoms with Gasteiger partial charge in [-0.15, -0.1) is 10.2 Å². The topological polar surface area (TPSA) is 99.7 Å². The SMILES string of the molecule is COc1ccc(NC(=O)c2nnc(C(=O)NCCCN3CCN(Cc4ccccc4)CC3)s2)cc1. The fraction of sp³-hybridized carbons (Fsp3) is 0.360. The Hall–Kier alpha value is -3.34. The molecule has 0 saturated carbocycles. The van der Waals surface area contributed by atoms with Gasteiger partial charge in [0.2, 0.25) is 10.0 Å². The Morgan fingerprint density at radius 3 is 2.26 bits per heavy atom. The van der Waals surface area contributed by atoms with Crippen LogP contribution in [0.25, 0.3) is 0 Å². The molecule has 1 fully saturated rings. The van der Waals surface area contributed by atoms with Gasteiger partial charge < -0.3 is 20.3 Å². The molecule has 1 saturated heterocycles. The summed E-state index contributed by atoms with van der Waals surface area (Å²) < 4.78 is 5.11. The van der Waals surface area contributed by atoms with Crippen molar-refractivity contribution in [2.45, 2.75) is 13.0 Å². The number of rotatable bonds is 10. The fourth-order valence-electron chi connectivity index (χ4n) is 3.86. The van der Waals surface area contributed by atoms with Crippen LogP contribution in [0.15, 0.2) is 54.6 Å². The summed E-state index contributed by atoms with van der Waals surface area (Å²) in [6.07, 6.45) is 0.855. The van der Waals surface area contributed by atoms with Gasteiger partial charge in [0.05, 0.1) is 7.11 Å². The van der Waals surface area contributed by atoms with Crippen molar-refractivity contribution in [1.82, 2.24) is 25.3 Å². The van der Waals surface area contributed by atoms with Crippen LogP contribution in [-0.2, 0) is 6.54 Å².